The van der Waals surface area contributed by atoms with Crippen molar-refractivity contribution in [3.8, 4) is 0 Å². The summed E-state index contributed by atoms with van der Waals surface area (Å²) in [6, 6.07) is 16.5. The van der Waals surface area contributed by atoms with E-state index in [4.69, 9.17) is 0 Å². The van der Waals surface area contributed by atoms with Crippen molar-refractivity contribution in [2.24, 2.45) is 0 Å². The van der Waals surface area contributed by atoms with Crippen LogP contribution in [0.2, 0.25) is 0 Å². The van der Waals surface area contributed by atoms with E-state index in [-0.39, 0.29) is 11.5 Å². The number of rotatable bonds is 3. The Kier molecular flexibility index (Phi) is 4.30. The normalized spacial score (nSPS) is 10.7. The van der Waals surface area contributed by atoms with Gasteiger partial charge in [-0.15, -0.1) is 0 Å². The second-order valence-electron chi connectivity index (χ2n) is 5.38. The van der Waals surface area contributed by atoms with E-state index < -0.39 is 0 Å². The topological polar surface area (TPSA) is 53.2 Å². The fourth-order valence-corrected chi connectivity index (χ4v) is 2.79. The van der Waals surface area contributed by atoms with Crippen molar-refractivity contribution < 1.29 is 4.79 Å². The summed E-state index contributed by atoms with van der Waals surface area (Å²) in [4.78, 5) is 28.9. The molecule has 4 nitrogen and oxygen atoms in total. The molecule has 1 amide bonds. The summed E-state index contributed by atoms with van der Waals surface area (Å²) < 4.78 is 0.996. The van der Waals surface area contributed by atoms with Gasteiger partial charge in [0.05, 0.1) is 5.56 Å². The molecule has 0 unspecified atom stereocenters. The van der Waals surface area contributed by atoms with Crippen molar-refractivity contribution in [1.29, 1.82) is 0 Å². The van der Waals surface area contributed by atoms with Gasteiger partial charge in [-0.25, -0.2) is 0 Å². The maximum absolute atomic E-state index is 12.7. The minimum atomic E-state index is -0.274. The Labute approximate surface area is 141 Å². The molecule has 3 aromatic rings. The molecule has 0 bridgehead atoms. The van der Waals surface area contributed by atoms with Gasteiger partial charge in [0.1, 0.15) is 0 Å². The highest BCUT2D eigenvalue weighted by atomic mass is 79.9. The lowest BCUT2D eigenvalue weighted by Gasteiger charge is -2.18. The first-order valence-corrected chi connectivity index (χ1v) is 7.96. The largest absolute Gasteiger partial charge is 0.337 e. The molecular weight excluding hydrogens is 356 g/mol. The number of amides is 1. The number of pyridine rings is 1. The molecule has 1 aromatic heterocycles. The Balaban J connectivity index is 1.93. The molecule has 2 aromatic carbocycles. The molecule has 0 atom stereocenters. The first-order chi connectivity index (χ1) is 11.0. The fourth-order valence-electron chi connectivity index (χ4n) is 2.52. The zero-order valence-electron chi connectivity index (χ0n) is 12.5. The molecule has 0 saturated heterocycles. The van der Waals surface area contributed by atoms with E-state index in [2.05, 4.69) is 20.9 Å². The Morgan fingerprint density at radius 1 is 1.13 bits per heavy atom. The zero-order valence-corrected chi connectivity index (χ0v) is 14.1. The van der Waals surface area contributed by atoms with Gasteiger partial charge in [-0.2, -0.15) is 0 Å². The van der Waals surface area contributed by atoms with Crippen LogP contribution >= 0.6 is 15.9 Å². The number of aromatic amines is 1. The van der Waals surface area contributed by atoms with Crippen LogP contribution in [0.4, 0.5) is 0 Å². The van der Waals surface area contributed by atoms with Crippen molar-refractivity contribution in [2.75, 3.05) is 7.05 Å². The Morgan fingerprint density at radius 3 is 2.57 bits per heavy atom. The van der Waals surface area contributed by atoms with Crippen LogP contribution in [0.3, 0.4) is 0 Å². The van der Waals surface area contributed by atoms with Crippen molar-refractivity contribution in [2.45, 2.75) is 6.54 Å². The monoisotopic (exact) mass is 370 g/mol. The van der Waals surface area contributed by atoms with Crippen molar-refractivity contribution in [1.82, 2.24) is 9.88 Å². The fraction of sp³-hybridized carbons (Fsp3) is 0.111. The molecule has 3 rings (SSSR count). The molecule has 23 heavy (non-hydrogen) atoms. The molecule has 5 heteroatoms. The molecule has 0 saturated carbocycles. The molecule has 0 spiro atoms. The molecular formula is C18H15BrN2O2. The van der Waals surface area contributed by atoms with Crippen LogP contribution in [-0.2, 0) is 6.54 Å². The Morgan fingerprint density at radius 2 is 1.83 bits per heavy atom. The lowest BCUT2D eigenvalue weighted by molar-refractivity contribution is 0.0787. The first-order valence-electron chi connectivity index (χ1n) is 7.16. The highest BCUT2D eigenvalue weighted by Crippen LogP contribution is 2.18. The molecule has 0 radical (unpaired) electrons. The van der Waals surface area contributed by atoms with E-state index in [1.165, 1.54) is 6.07 Å². The third-order valence-electron chi connectivity index (χ3n) is 3.66. The molecule has 0 fully saturated rings. The average molecular weight is 371 g/mol. The van der Waals surface area contributed by atoms with E-state index in [1.807, 2.05) is 42.5 Å². The number of halogens is 1. The van der Waals surface area contributed by atoms with Crippen molar-refractivity contribution >= 4 is 32.7 Å². The number of H-pyrrole nitrogens is 1. The molecule has 0 aliphatic rings. The van der Waals surface area contributed by atoms with E-state index >= 15 is 0 Å². The maximum Gasteiger partial charge on any atom is 0.254 e. The van der Waals surface area contributed by atoms with Crippen LogP contribution in [0.5, 0.6) is 0 Å². The number of hydrogen-bond donors (Lipinski definition) is 1. The standard InChI is InChI=1S/C18H15BrN2O2/c1-21(11-12-6-8-13(19)9-7-12)18(23)15-10-17(22)20-16-5-3-2-4-14(15)16/h2-10H,11H2,1H3,(H,20,22). The number of carbonyl (C=O) groups is 1. The van der Waals surface area contributed by atoms with Gasteiger partial charge < -0.3 is 9.88 Å². The molecule has 116 valence electrons. The number of aromatic nitrogens is 1. The molecule has 1 N–H and O–H groups in total. The summed E-state index contributed by atoms with van der Waals surface area (Å²) >= 11 is 3.39. The second kappa shape index (κ2) is 6.38. The summed E-state index contributed by atoms with van der Waals surface area (Å²) in [7, 11) is 1.74. The van der Waals surface area contributed by atoms with Crippen molar-refractivity contribution in [3.05, 3.63) is 80.6 Å². The van der Waals surface area contributed by atoms with Crippen LogP contribution in [0.25, 0.3) is 10.9 Å². The second-order valence-corrected chi connectivity index (χ2v) is 6.30. The van der Waals surface area contributed by atoms with Crippen LogP contribution in [0, 0.1) is 0 Å². The number of fused-ring (bicyclic) bond motifs is 1. The Hall–Kier alpha value is -2.40. The van der Waals surface area contributed by atoms with E-state index in [1.54, 1.807) is 18.0 Å². The summed E-state index contributed by atoms with van der Waals surface area (Å²) in [5.41, 5.74) is 1.84. The third-order valence-corrected chi connectivity index (χ3v) is 4.19. The molecule has 0 aliphatic carbocycles. The SMILES string of the molecule is CN(Cc1ccc(Br)cc1)C(=O)c1cc(=O)[nH]c2ccccc12. The van der Waals surface area contributed by atoms with Gasteiger partial charge in [-0.05, 0) is 23.8 Å². The van der Waals surface area contributed by atoms with Gasteiger partial charge in [-0.1, -0.05) is 46.3 Å². The zero-order chi connectivity index (χ0) is 16.4. The van der Waals surface area contributed by atoms with Gasteiger partial charge >= 0.3 is 0 Å². The average Bonchev–Trinajstić information content (AvgIpc) is 2.55. The number of benzene rings is 2. The van der Waals surface area contributed by atoms with Crippen LogP contribution in [0.15, 0.2) is 63.9 Å². The van der Waals surface area contributed by atoms with Gasteiger partial charge in [0, 0.05) is 35.0 Å². The van der Waals surface area contributed by atoms with Crippen LogP contribution in [0.1, 0.15) is 15.9 Å². The Bertz CT molecular complexity index is 916. The van der Waals surface area contributed by atoms with Crippen molar-refractivity contribution in [3.63, 3.8) is 0 Å². The van der Waals surface area contributed by atoms with Gasteiger partial charge in [0.25, 0.3) is 5.91 Å². The quantitative estimate of drug-likeness (QED) is 0.766. The van der Waals surface area contributed by atoms with Gasteiger partial charge in [-0.3, -0.25) is 9.59 Å². The van der Waals surface area contributed by atoms with E-state index in [0.29, 0.717) is 17.6 Å². The highest BCUT2D eigenvalue weighted by Gasteiger charge is 2.16. The smallest absolute Gasteiger partial charge is 0.254 e. The third kappa shape index (κ3) is 3.35. The summed E-state index contributed by atoms with van der Waals surface area (Å²) in [5, 5.41) is 0.750. The van der Waals surface area contributed by atoms with E-state index in [9.17, 15) is 9.59 Å². The van der Waals surface area contributed by atoms with Crippen LogP contribution < -0.4 is 5.56 Å². The minimum absolute atomic E-state index is 0.171. The maximum atomic E-state index is 12.7. The number of hydrogen-bond acceptors (Lipinski definition) is 2. The van der Waals surface area contributed by atoms with Crippen LogP contribution in [-0.4, -0.2) is 22.8 Å². The molecule has 0 aliphatic heterocycles. The van der Waals surface area contributed by atoms with Gasteiger partial charge in [0.2, 0.25) is 5.56 Å². The molecule has 1 heterocycles. The predicted octanol–water partition coefficient (Wildman–Crippen LogP) is 3.56. The minimum Gasteiger partial charge on any atom is -0.337 e. The lowest BCUT2D eigenvalue weighted by atomic mass is 10.1. The highest BCUT2D eigenvalue weighted by molar-refractivity contribution is 9.10. The van der Waals surface area contributed by atoms with Gasteiger partial charge in [0.15, 0.2) is 0 Å². The summed E-state index contributed by atoms with van der Waals surface area (Å²) in [6.07, 6.45) is 0. The number of carbonyl (C=O) groups excluding carboxylic acids is 1. The number of nitrogens with one attached hydrogen (secondary N) is 1. The summed E-state index contributed by atoms with van der Waals surface area (Å²) in [6.45, 7) is 0.479. The summed E-state index contributed by atoms with van der Waals surface area (Å²) in [5.74, 6) is -0.171. The van der Waals surface area contributed by atoms with E-state index in [0.717, 1.165) is 15.4 Å². The number of nitrogens with zero attached hydrogens (tertiary/aromatic N) is 1. The predicted molar refractivity (Wildman–Crippen MR) is 94.5 cm³/mol. The lowest BCUT2D eigenvalue weighted by Crippen LogP contribution is -2.27. The number of para-hydroxylation sites is 1. The first kappa shape index (κ1) is 15.5.